The number of nitrogens with two attached hydrogens (primary N) is 1. The number of hydrogen-bond donors (Lipinski definition) is 3. The summed E-state index contributed by atoms with van der Waals surface area (Å²) in [6, 6.07) is 6.96. The second-order valence-corrected chi connectivity index (χ2v) is 8.08. The molecule has 0 radical (unpaired) electrons. The minimum absolute atomic E-state index is 0.00681. The minimum atomic E-state index is -1.42. The van der Waals surface area contributed by atoms with E-state index in [0.29, 0.717) is 18.8 Å². The molecule has 0 unspecified atom stereocenters. The van der Waals surface area contributed by atoms with E-state index in [0.717, 1.165) is 18.9 Å². The Morgan fingerprint density at radius 2 is 1.97 bits per heavy atom. The number of phenolic OH excluding ortho intramolecular Hbond substituents is 1. The number of anilines is 1. The average molecular weight is 410 g/mol. The van der Waals surface area contributed by atoms with Crippen LogP contribution in [0, 0.1) is 11.2 Å². The predicted octanol–water partition coefficient (Wildman–Crippen LogP) is 1.86. The van der Waals surface area contributed by atoms with Gasteiger partial charge in [-0.15, -0.1) is 0 Å². The molecule has 2 aliphatic rings. The molecule has 5 rings (SSSR count). The van der Waals surface area contributed by atoms with Gasteiger partial charge in [-0.2, -0.15) is 0 Å². The molecule has 1 spiro atoms. The van der Waals surface area contributed by atoms with Crippen LogP contribution in [-0.2, 0) is 0 Å². The van der Waals surface area contributed by atoms with Gasteiger partial charge in [-0.3, -0.25) is 4.79 Å². The summed E-state index contributed by atoms with van der Waals surface area (Å²) >= 11 is 0. The van der Waals surface area contributed by atoms with Crippen molar-refractivity contribution in [3.63, 3.8) is 0 Å². The van der Waals surface area contributed by atoms with Crippen LogP contribution in [0.4, 0.5) is 10.2 Å². The van der Waals surface area contributed by atoms with Crippen LogP contribution in [-0.4, -0.2) is 44.9 Å². The fourth-order valence-corrected chi connectivity index (χ4v) is 4.24. The Morgan fingerprint density at radius 1 is 1.27 bits per heavy atom. The number of fused-ring (bicyclic) bond motifs is 1. The number of nitrogens with zero attached hydrogens (tertiary/aromatic N) is 3. The van der Waals surface area contributed by atoms with E-state index in [4.69, 9.17) is 5.73 Å². The second kappa shape index (κ2) is 6.27. The van der Waals surface area contributed by atoms with Crippen molar-refractivity contribution < 1.29 is 19.4 Å². The van der Waals surface area contributed by atoms with Crippen LogP contribution in [0.15, 0.2) is 41.3 Å². The maximum absolute atomic E-state index is 15.0. The number of halogens is 1. The molecular formula is C21H19FN4O4. The summed E-state index contributed by atoms with van der Waals surface area (Å²) in [5.74, 6) is -1.98. The number of phenols is 1. The molecule has 1 aliphatic carbocycles. The Morgan fingerprint density at radius 3 is 2.57 bits per heavy atom. The van der Waals surface area contributed by atoms with Gasteiger partial charge in [0.15, 0.2) is 17.3 Å². The summed E-state index contributed by atoms with van der Waals surface area (Å²) in [5, 5.41) is 18.9. The van der Waals surface area contributed by atoms with Crippen molar-refractivity contribution in [2.75, 3.05) is 18.0 Å². The Bertz CT molecular complexity index is 1250. The molecule has 0 bridgehead atoms. The summed E-state index contributed by atoms with van der Waals surface area (Å²) in [6.07, 6.45) is 3.17. The molecule has 154 valence electrons. The minimum Gasteiger partial charge on any atom is -0.508 e. The van der Waals surface area contributed by atoms with Crippen LogP contribution in [0.5, 0.6) is 5.75 Å². The number of pyridine rings is 2. The van der Waals surface area contributed by atoms with Gasteiger partial charge < -0.3 is 25.4 Å². The first-order valence-corrected chi connectivity index (χ1v) is 9.58. The summed E-state index contributed by atoms with van der Waals surface area (Å²) in [7, 11) is 0. The van der Waals surface area contributed by atoms with E-state index in [-0.39, 0.29) is 34.1 Å². The molecule has 1 saturated carbocycles. The first kappa shape index (κ1) is 18.6. The first-order valence-electron chi connectivity index (χ1n) is 9.58. The zero-order valence-electron chi connectivity index (χ0n) is 15.9. The highest BCUT2D eigenvalue weighted by Crippen LogP contribution is 2.52. The third-order valence-electron chi connectivity index (χ3n) is 6.17. The Labute approximate surface area is 170 Å². The lowest BCUT2D eigenvalue weighted by Crippen LogP contribution is -2.30. The summed E-state index contributed by atoms with van der Waals surface area (Å²) < 4.78 is 16.4. The van der Waals surface area contributed by atoms with Gasteiger partial charge in [-0.1, -0.05) is 0 Å². The Balaban J connectivity index is 1.74. The molecule has 1 aromatic carbocycles. The van der Waals surface area contributed by atoms with Gasteiger partial charge in [0.2, 0.25) is 5.43 Å². The Kier molecular flexibility index (Phi) is 3.88. The van der Waals surface area contributed by atoms with E-state index in [1.807, 2.05) is 0 Å². The zero-order chi connectivity index (χ0) is 21.2. The lowest BCUT2D eigenvalue weighted by molar-refractivity contribution is 0.0695. The molecule has 2 aromatic heterocycles. The van der Waals surface area contributed by atoms with E-state index < -0.39 is 22.8 Å². The molecule has 2 fully saturated rings. The lowest BCUT2D eigenvalue weighted by Gasteiger charge is -2.20. The fraction of sp³-hybridized carbons (Fsp3) is 0.286. The number of aromatic carboxylic acids is 1. The second-order valence-electron chi connectivity index (χ2n) is 8.08. The van der Waals surface area contributed by atoms with Crippen molar-refractivity contribution in [2.45, 2.75) is 18.9 Å². The molecule has 1 atom stereocenters. The normalized spacial score (nSPS) is 19.5. The molecule has 3 aromatic rings. The number of aromatic nitrogens is 2. The molecule has 30 heavy (non-hydrogen) atoms. The number of carboxylic acids is 1. The van der Waals surface area contributed by atoms with Crippen LogP contribution in [0.25, 0.3) is 16.7 Å². The van der Waals surface area contributed by atoms with Gasteiger partial charge in [0, 0.05) is 36.4 Å². The lowest BCUT2D eigenvalue weighted by atomic mass is 10.0. The maximum Gasteiger partial charge on any atom is 0.341 e. The number of carboxylic acid groups (broad SMARTS) is 1. The van der Waals surface area contributed by atoms with Crippen molar-refractivity contribution in [3.05, 3.63) is 58.1 Å². The van der Waals surface area contributed by atoms with Crippen molar-refractivity contribution in [3.8, 4) is 11.4 Å². The van der Waals surface area contributed by atoms with Gasteiger partial charge in [-0.05, 0) is 43.2 Å². The third kappa shape index (κ3) is 2.73. The van der Waals surface area contributed by atoms with Crippen LogP contribution >= 0.6 is 0 Å². The van der Waals surface area contributed by atoms with Gasteiger partial charge in [-0.25, -0.2) is 14.2 Å². The highest BCUT2D eigenvalue weighted by Gasteiger charge is 2.54. The average Bonchev–Trinajstić information content (AvgIpc) is 3.41. The summed E-state index contributed by atoms with van der Waals surface area (Å²) in [6.45, 7) is 1.06. The van der Waals surface area contributed by atoms with Crippen molar-refractivity contribution in [1.82, 2.24) is 9.55 Å². The quantitative estimate of drug-likeness (QED) is 0.602. The molecule has 1 aliphatic heterocycles. The topological polar surface area (TPSA) is 122 Å². The maximum atomic E-state index is 15.0. The van der Waals surface area contributed by atoms with Crippen LogP contribution < -0.4 is 16.1 Å². The van der Waals surface area contributed by atoms with Crippen LogP contribution in [0.3, 0.4) is 0 Å². The largest absolute Gasteiger partial charge is 0.508 e. The molecule has 8 nitrogen and oxygen atoms in total. The number of carbonyl (C=O) groups is 1. The highest BCUT2D eigenvalue weighted by molar-refractivity contribution is 5.92. The van der Waals surface area contributed by atoms with E-state index in [1.165, 1.54) is 22.9 Å². The monoisotopic (exact) mass is 410 g/mol. The molecule has 4 N–H and O–H groups in total. The molecule has 0 amide bonds. The van der Waals surface area contributed by atoms with Gasteiger partial charge in [0.1, 0.15) is 11.3 Å². The SMILES string of the molecule is N[C@@H]1CN(c2nc3c(cc2F)c(=O)c(C(=O)O)cn3-c2ccc(O)cc2)CC12CC2. The van der Waals surface area contributed by atoms with E-state index >= 15 is 0 Å². The molecule has 3 heterocycles. The van der Waals surface area contributed by atoms with Crippen molar-refractivity contribution in [1.29, 1.82) is 0 Å². The predicted molar refractivity (Wildman–Crippen MR) is 108 cm³/mol. The standard InChI is InChI=1S/C21H19FN4O4/c22-15-7-13-17(28)14(20(29)30)8-26(11-1-3-12(27)4-2-11)18(13)24-19(15)25-9-16(23)21(10-25)5-6-21/h1-4,7-8,16,27H,5-6,9-10,23H2,(H,29,30)/t16-/m1/s1. The number of rotatable bonds is 3. The van der Waals surface area contributed by atoms with E-state index in [9.17, 15) is 24.2 Å². The smallest absolute Gasteiger partial charge is 0.341 e. The number of hydrogen-bond acceptors (Lipinski definition) is 6. The van der Waals surface area contributed by atoms with Crippen LogP contribution in [0.2, 0.25) is 0 Å². The van der Waals surface area contributed by atoms with Crippen LogP contribution in [0.1, 0.15) is 23.2 Å². The van der Waals surface area contributed by atoms with Gasteiger partial charge >= 0.3 is 5.97 Å². The zero-order valence-corrected chi connectivity index (χ0v) is 15.9. The number of benzene rings is 1. The Hall–Kier alpha value is -3.46. The fourth-order valence-electron chi connectivity index (χ4n) is 4.24. The van der Waals surface area contributed by atoms with E-state index in [1.54, 1.807) is 17.0 Å². The summed E-state index contributed by atoms with van der Waals surface area (Å²) in [5.41, 5.74) is 5.56. The highest BCUT2D eigenvalue weighted by atomic mass is 19.1. The van der Waals surface area contributed by atoms with E-state index in [2.05, 4.69) is 4.98 Å². The number of aromatic hydroxyl groups is 1. The van der Waals surface area contributed by atoms with Crippen molar-refractivity contribution >= 4 is 22.8 Å². The van der Waals surface area contributed by atoms with Gasteiger partial charge in [0.25, 0.3) is 0 Å². The summed E-state index contributed by atoms with van der Waals surface area (Å²) in [4.78, 5) is 30.5. The molecule has 9 heteroatoms. The third-order valence-corrected chi connectivity index (χ3v) is 6.17. The van der Waals surface area contributed by atoms with Crippen molar-refractivity contribution in [2.24, 2.45) is 11.1 Å². The van der Waals surface area contributed by atoms with Gasteiger partial charge in [0.05, 0.1) is 5.39 Å². The molecule has 1 saturated heterocycles. The molecular weight excluding hydrogens is 391 g/mol. The first-order chi connectivity index (χ1) is 14.3.